The highest BCUT2D eigenvalue weighted by Crippen LogP contribution is 2.46. The van der Waals surface area contributed by atoms with Crippen LogP contribution in [-0.2, 0) is 10.0 Å². The van der Waals surface area contributed by atoms with Crippen molar-refractivity contribution in [3.8, 4) is 22.8 Å². The fourth-order valence-corrected chi connectivity index (χ4v) is 2.12. The first-order valence-corrected chi connectivity index (χ1v) is 7.41. The number of sulfonamides is 1. The molecule has 1 aromatic carbocycles. The number of rotatable bonds is 4. The van der Waals surface area contributed by atoms with Crippen molar-refractivity contribution in [3.63, 3.8) is 0 Å². The fraction of sp³-hybridized carbons (Fsp3) is 0.167. The van der Waals surface area contributed by atoms with Crippen molar-refractivity contribution >= 4 is 15.9 Å². The van der Waals surface area contributed by atoms with Gasteiger partial charge in [-0.05, 0) is 25.1 Å². The van der Waals surface area contributed by atoms with Gasteiger partial charge in [0.15, 0.2) is 5.76 Å². The van der Waals surface area contributed by atoms with Gasteiger partial charge in [-0.15, -0.1) is 0 Å². The first-order chi connectivity index (χ1) is 9.75. The van der Waals surface area contributed by atoms with Crippen molar-refractivity contribution in [2.24, 2.45) is 0 Å². The van der Waals surface area contributed by atoms with E-state index >= 15 is 0 Å². The quantitative estimate of drug-likeness (QED) is 0.803. The second-order valence-electron chi connectivity index (χ2n) is 4.09. The topological polar surface area (TPSA) is 99.8 Å². The summed E-state index contributed by atoms with van der Waals surface area (Å²) in [6, 6.07) is 2.41. The van der Waals surface area contributed by atoms with E-state index in [1.54, 1.807) is 0 Å². The minimum Gasteiger partial charge on any atom is -0.502 e. The summed E-state index contributed by atoms with van der Waals surface area (Å²) in [7, 11) is -3.78. The summed E-state index contributed by atoms with van der Waals surface area (Å²) in [6.45, 7) is 1.34. The van der Waals surface area contributed by atoms with E-state index in [1.165, 1.54) is 6.92 Å². The average Bonchev–Trinajstić information content (AvgIpc) is 2.69. The lowest BCUT2D eigenvalue weighted by molar-refractivity contribution is 0.410. The Kier molecular flexibility index (Phi) is 3.77. The van der Waals surface area contributed by atoms with Gasteiger partial charge in [0.05, 0.1) is 11.3 Å². The molecule has 21 heavy (non-hydrogen) atoms. The molecule has 0 radical (unpaired) electrons. The Bertz CT molecular complexity index is 785. The lowest BCUT2D eigenvalue weighted by atomic mass is 10.1. The van der Waals surface area contributed by atoms with Crippen LogP contribution in [0.3, 0.4) is 0 Å². The highest BCUT2D eigenvalue weighted by Gasteiger charge is 2.25. The molecule has 0 spiro atoms. The van der Waals surface area contributed by atoms with Crippen molar-refractivity contribution < 1.29 is 31.8 Å². The van der Waals surface area contributed by atoms with Crippen LogP contribution in [0.25, 0.3) is 11.3 Å². The van der Waals surface area contributed by atoms with E-state index in [0.717, 1.165) is 18.2 Å². The smallest absolute Gasteiger partial charge is 0.253 e. The Labute approximate surface area is 118 Å². The van der Waals surface area contributed by atoms with Gasteiger partial charge in [0.2, 0.25) is 21.5 Å². The Morgan fingerprint density at radius 3 is 2.52 bits per heavy atom. The van der Waals surface area contributed by atoms with Crippen molar-refractivity contribution in [1.29, 1.82) is 0 Å². The van der Waals surface area contributed by atoms with Crippen molar-refractivity contribution in [2.45, 2.75) is 6.92 Å². The van der Waals surface area contributed by atoms with Crippen LogP contribution in [0.5, 0.6) is 11.5 Å². The molecule has 0 saturated carbocycles. The molecule has 0 fully saturated rings. The molecular weight excluding hydrogens is 308 g/mol. The van der Waals surface area contributed by atoms with Crippen molar-refractivity contribution in [3.05, 3.63) is 29.8 Å². The van der Waals surface area contributed by atoms with Gasteiger partial charge in [-0.2, -0.15) is 0 Å². The Balaban J connectivity index is 2.55. The first-order valence-electron chi connectivity index (χ1n) is 5.75. The number of furan rings is 1. The van der Waals surface area contributed by atoms with E-state index in [0.29, 0.717) is 0 Å². The second-order valence-corrected chi connectivity index (χ2v) is 6.10. The van der Waals surface area contributed by atoms with Crippen LogP contribution in [0.4, 0.5) is 14.7 Å². The Hall–Kier alpha value is -2.29. The van der Waals surface area contributed by atoms with Crippen molar-refractivity contribution in [2.75, 3.05) is 10.5 Å². The lowest BCUT2D eigenvalue weighted by Crippen LogP contribution is -2.14. The monoisotopic (exact) mass is 319 g/mol. The van der Waals surface area contributed by atoms with E-state index < -0.39 is 50.4 Å². The van der Waals surface area contributed by atoms with Gasteiger partial charge in [-0.25, -0.2) is 21.9 Å². The Morgan fingerprint density at radius 2 is 1.90 bits per heavy atom. The molecule has 6 nitrogen and oxygen atoms in total. The van der Waals surface area contributed by atoms with E-state index in [2.05, 4.69) is 0 Å². The maximum atomic E-state index is 13.6. The molecule has 0 saturated heterocycles. The maximum absolute atomic E-state index is 13.6. The molecule has 0 aliphatic carbocycles. The SMILES string of the molecule is CCS(=O)(=O)Nc1oc(-c2cc(F)ccc2F)c(O)c1O. The molecular formula is C12H11F2NO5S. The van der Waals surface area contributed by atoms with Crippen LogP contribution in [-0.4, -0.2) is 24.4 Å². The predicted molar refractivity (Wildman–Crippen MR) is 70.5 cm³/mol. The normalized spacial score (nSPS) is 11.6. The Morgan fingerprint density at radius 1 is 1.24 bits per heavy atom. The molecule has 0 aliphatic rings. The molecule has 2 aromatic rings. The molecule has 1 heterocycles. The molecule has 1 aromatic heterocycles. The van der Waals surface area contributed by atoms with E-state index in [4.69, 9.17) is 4.42 Å². The van der Waals surface area contributed by atoms with Gasteiger partial charge >= 0.3 is 0 Å². The van der Waals surface area contributed by atoms with Crippen LogP contribution in [0.2, 0.25) is 0 Å². The van der Waals surface area contributed by atoms with Crippen molar-refractivity contribution in [1.82, 2.24) is 0 Å². The zero-order valence-corrected chi connectivity index (χ0v) is 11.5. The zero-order valence-electron chi connectivity index (χ0n) is 10.7. The van der Waals surface area contributed by atoms with Gasteiger partial charge in [-0.3, -0.25) is 0 Å². The van der Waals surface area contributed by atoms with Gasteiger partial charge in [-0.1, -0.05) is 0 Å². The average molecular weight is 319 g/mol. The molecule has 2 rings (SSSR count). The van der Waals surface area contributed by atoms with E-state index in [1.807, 2.05) is 4.72 Å². The standard InChI is InChI=1S/C12H11F2NO5S/c1-2-21(18,19)15-12-10(17)9(16)11(20-12)7-5-6(13)3-4-8(7)14/h3-5,15-17H,2H2,1H3. The summed E-state index contributed by atoms with van der Waals surface area (Å²) in [4.78, 5) is 0. The van der Waals surface area contributed by atoms with Crippen LogP contribution >= 0.6 is 0 Å². The largest absolute Gasteiger partial charge is 0.502 e. The second kappa shape index (κ2) is 5.24. The number of hydrogen-bond donors (Lipinski definition) is 3. The molecule has 3 N–H and O–H groups in total. The van der Waals surface area contributed by atoms with Crippen LogP contribution in [0.15, 0.2) is 22.6 Å². The van der Waals surface area contributed by atoms with Gasteiger partial charge in [0.25, 0.3) is 5.88 Å². The summed E-state index contributed by atoms with van der Waals surface area (Å²) in [5, 5.41) is 19.3. The number of benzene rings is 1. The number of nitrogens with one attached hydrogen (secondary N) is 1. The van der Waals surface area contributed by atoms with E-state index in [9.17, 15) is 27.4 Å². The summed E-state index contributed by atoms with van der Waals surface area (Å²) >= 11 is 0. The highest BCUT2D eigenvalue weighted by atomic mass is 32.2. The lowest BCUT2D eigenvalue weighted by Gasteiger charge is -2.02. The number of hydrogen-bond acceptors (Lipinski definition) is 5. The van der Waals surface area contributed by atoms with Gasteiger partial charge < -0.3 is 14.6 Å². The van der Waals surface area contributed by atoms with E-state index in [-0.39, 0.29) is 5.75 Å². The third kappa shape index (κ3) is 2.92. The number of aromatic hydroxyl groups is 2. The zero-order chi connectivity index (χ0) is 15.8. The summed E-state index contributed by atoms with van der Waals surface area (Å²) in [5.41, 5.74) is -0.454. The molecule has 0 bridgehead atoms. The molecule has 0 atom stereocenters. The minimum absolute atomic E-state index is 0.308. The summed E-state index contributed by atoms with van der Waals surface area (Å²) < 4.78 is 56.3. The highest BCUT2D eigenvalue weighted by molar-refractivity contribution is 7.92. The molecule has 0 amide bonds. The van der Waals surface area contributed by atoms with Crippen LogP contribution in [0, 0.1) is 11.6 Å². The molecule has 0 aliphatic heterocycles. The molecule has 9 heteroatoms. The predicted octanol–water partition coefficient (Wildman–Crippen LogP) is 2.40. The van der Waals surface area contributed by atoms with Crippen LogP contribution in [0.1, 0.15) is 6.92 Å². The third-order valence-electron chi connectivity index (χ3n) is 2.66. The van der Waals surface area contributed by atoms with Crippen LogP contribution < -0.4 is 4.72 Å². The molecule has 114 valence electrons. The molecule has 0 unspecified atom stereocenters. The number of halogens is 2. The number of anilines is 1. The first kappa shape index (κ1) is 15.1. The summed E-state index contributed by atoms with van der Waals surface area (Å²) in [5.74, 6) is -5.08. The third-order valence-corrected chi connectivity index (χ3v) is 3.92. The minimum atomic E-state index is -3.78. The van der Waals surface area contributed by atoms with Gasteiger partial charge in [0.1, 0.15) is 11.6 Å². The fourth-order valence-electron chi connectivity index (χ4n) is 1.55. The maximum Gasteiger partial charge on any atom is 0.253 e. The summed E-state index contributed by atoms with van der Waals surface area (Å²) in [6.07, 6.45) is 0. The van der Waals surface area contributed by atoms with Gasteiger partial charge in [0, 0.05) is 0 Å².